The van der Waals surface area contributed by atoms with Crippen molar-refractivity contribution < 1.29 is 9.53 Å². The first-order chi connectivity index (χ1) is 11.5. The molecule has 0 saturated heterocycles. The molecule has 0 unspecified atom stereocenters. The fourth-order valence-corrected chi connectivity index (χ4v) is 2.90. The Balaban J connectivity index is 1.93. The first-order valence-corrected chi connectivity index (χ1v) is 7.95. The molecular formula is C18H14Cl2N2O2. The van der Waals surface area contributed by atoms with Gasteiger partial charge in [0.25, 0.3) is 5.91 Å². The fraction of sp³-hybridized carbons (Fsp3) is 0.111. The number of carbonyl (C=O) groups is 1. The van der Waals surface area contributed by atoms with E-state index in [1.807, 2.05) is 24.3 Å². The number of amides is 1. The molecule has 0 bridgehead atoms. The van der Waals surface area contributed by atoms with Gasteiger partial charge in [-0.1, -0.05) is 35.3 Å². The van der Waals surface area contributed by atoms with E-state index in [2.05, 4.69) is 5.10 Å². The zero-order chi connectivity index (χ0) is 17.3. The number of anilines is 1. The van der Waals surface area contributed by atoms with Gasteiger partial charge >= 0.3 is 0 Å². The number of rotatable bonds is 3. The standard InChI is InChI=1S/C18H14Cl2N2O2/c1-11-17(7-12-3-5-16(24-2)6-4-12)18(23)22(21-11)15-9-13(19)8-14(20)10-15/h3-10H,1-2H3/b17-7+. The molecule has 1 aliphatic heterocycles. The third kappa shape index (κ3) is 3.30. The number of hydrazone groups is 1. The Kier molecular flexibility index (Phi) is 4.60. The van der Waals surface area contributed by atoms with E-state index in [1.54, 1.807) is 38.3 Å². The van der Waals surface area contributed by atoms with Gasteiger partial charge in [0.05, 0.1) is 24.1 Å². The van der Waals surface area contributed by atoms with E-state index in [0.717, 1.165) is 11.3 Å². The van der Waals surface area contributed by atoms with Crippen LogP contribution in [-0.4, -0.2) is 18.7 Å². The number of carbonyl (C=O) groups excluding carboxylic acids is 1. The molecule has 2 aromatic rings. The van der Waals surface area contributed by atoms with Crippen LogP contribution in [0.5, 0.6) is 5.75 Å². The summed E-state index contributed by atoms with van der Waals surface area (Å²) in [6.45, 7) is 1.79. The van der Waals surface area contributed by atoms with Gasteiger partial charge in [0, 0.05) is 10.0 Å². The fourth-order valence-electron chi connectivity index (χ4n) is 2.39. The zero-order valence-corrected chi connectivity index (χ0v) is 14.6. The lowest BCUT2D eigenvalue weighted by molar-refractivity contribution is -0.114. The minimum atomic E-state index is -0.221. The van der Waals surface area contributed by atoms with E-state index in [9.17, 15) is 4.79 Å². The molecule has 122 valence electrons. The van der Waals surface area contributed by atoms with Crippen LogP contribution in [0.4, 0.5) is 5.69 Å². The second-order valence-corrected chi connectivity index (χ2v) is 6.13. The average molecular weight is 361 g/mol. The molecule has 24 heavy (non-hydrogen) atoms. The minimum absolute atomic E-state index is 0.221. The molecule has 0 N–H and O–H groups in total. The van der Waals surface area contributed by atoms with Crippen molar-refractivity contribution in [2.75, 3.05) is 12.1 Å². The van der Waals surface area contributed by atoms with Gasteiger partial charge in [0.1, 0.15) is 5.75 Å². The van der Waals surface area contributed by atoms with Crippen molar-refractivity contribution >= 4 is 46.6 Å². The number of nitrogens with zero attached hydrogens (tertiary/aromatic N) is 2. The molecular weight excluding hydrogens is 347 g/mol. The minimum Gasteiger partial charge on any atom is -0.497 e. The normalized spacial score (nSPS) is 15.8. The highest BCUT2D eigenvalue weighted by Gasteiger charge is 2.29. The van der Waals surface area contributed by atoms with Crippen LogP contribution in [0, 0.1) is 0 Å². The SMILES string of the molecule is COc1ccc(/C=C2/C(=O)N(c3cc(Cl)cc(Cl)c3)N=C2C)cc1. The van der Waals surface area contributed by atoms with Gasteiger partial charge in [-0.3, -0.25) is 4.79 Å². The molecule has 3 rings (SSSR count). The molecule has 0 atom stereocenters. The molecule has 0 saturated carbocycles. The van der Waals surface area contributed by atoms with E-state index >= 15 is 0 Å². The molecule has 2 aromatic carbocycles. The highest BCUT2D eigenvalue weighted by Crippen LogP contribution is 2.30. The van der Waals surface area contributed by atoms with Crippen LogP contribution in [0.25, 0.3) is 6.08 Å². The molecule has 0 radical (unpaired) electrons. The topological polar surface area (TPSA) is 41.9 Å². The molecule has 0 spiro atoms. The average Bonchev–Trinajstić information content (AvgIpc) is 2.83. The largest absolute Gasteiger partial charge is 0.497 e. The van der Waals surface area contributed by atoms with Crippen molar-refractivity contribution in [1.82, 2.24) is 0 Å². The number of hydrogen-bond donors (Lipinski definition) is 0. The number of ether oxygens (including phenoxy) is 1. The Morgan fingerprint density at radius 3 is 2.29 bits per heavy atom. The van der Waals surface area contributed by atoms with E-state index in [4.69, 9.17) is 27.9 Å². The summed E-state index contributed by atoms with van der Waals surface area (Å²) < 4.78 is 5.13. The Labute approximate surface area is 149 Å². The summed E-state index contributed by atoms with van der Waals surface area (Å²) in [5, 5.41) is 6.53. The molecule has 6 heteroatoms. The van der Waals surface area contributed by atoms with Crippen molar-refractivity contribution in [1.29, 1.82) is 0 Å². The maximum absolute atomic E-state index is 12.7. The first kappa shape index (κ1) is 16.6. The van der Waals surface area contributed by atoms with Crippen LogP contribution in [0.2, 0.25) is 10.0 Å². The van der Waals surface area contributed by atoms with E-state index in [0.29, 0.717) is 27.0 Å². The highest BCUT2D eigenvalue weighted by atomic mass is 35.5. The Morgan fingerprint density at radius 2 is 1.71 bits per heavy atom. The third-order valence-electron chi connectivity index (χ3n) is 3.58. The molecule has 0 aromatic heterocycles. The van der Waals surface area contributed by atoms with Gasteiger partial charge in [-0.15, -0.1) is 0 Å². The number of halogens is 2. The summed E-state index contributed by atoms with van der Waals surface area (Å²) in [7, 11) is 1.61. The summed E-state index contributed by atoms with van der Waals surface area (Å²) >= 11 is 12.0. The lowest BCUT2D eigenvalue weighted by Gasteiger charge is -2.12. The summed E-state index contributed by atoms with van der Waals surface area (Å²) in [5.41, 5.74) is 2.58. The summed E-state index contributed by atoms with van der Waals surface area (Å²) in [4.78, 5) is 12.7. The van der Waals surface area contributed by atoms with E-state index in [-0.39, 0.29) is 5.91 Å². The molecule has 1 heterocycles. The van der Waals surface area contributed by atoms with Gasteiger partial charge in [-0.2, -0.15) is 10.1 Å². The number of hydrogen-bond acceptors (Lipinski definition) is 3. The van der Waals surface area contributed by atoms with Crippen molar-refractivity contribution in [3.05, 3.63) is 63.6 Å². The van der Waals surface area contributed by atoms with Crippen LogP contribution in [-0.2, 0) is 4.79 Å². The maximum atomic E-state index is 12.7. The quantitative estimate of drug-likeness (QED) is 0.737. The van der Waals surface area contributed by atoms with Gasteiger partial charge in [-0.25, -0.2) is 0 Å². The number of methoxy groups -OCH3 is 1. The summed E-state index contributed by atoms with van der Waals surface area (Å²) in [6, 6.07) is 12.4. The Bertz CT molecular complexity index is 838. The van der Waals surface area contributed by atoms with E-state index < -0.39 is 0 Å². The zero-order valence-electron chi connectivity index (χ0n) is 13.1. The molecule has 0 fully saturated rings. The highest BCUT2D eigenvalue weighted by molar-refractivity contribution is 6.36. The maximum Gasteiger partial charge on any atom is 0.280 e. The third-order valence-corrected chi connectivity index (χ3v) is 4.02. The summed E-state index contributed by atoms with van der Waals surface area (Å²) in [6.07, 6.45) is 1.80. The molecule has 1 amide bonds. The van der Waals surface area contributed by atoms with Crippen LogP contribution in [0.15, 0.2) is 53.1 Å². The molecule has 4 nitrogen and oxygen atoms in total. The van der Waals surface area contributed by atoms with Crippen molar-refractivity contribution in [3.63, 3.8) is 0 Å². The first-order valence-electron chi connectivity index (χ1n) is 7.20. The van der Waals surface area contributed by atoms with Gasteiger partial charge in [-0.05, 0) is 48.9 Å². The number of benzene rings is 2. The van der Waals surface area contributed by atoms with Crippen molar-refractivity contribution in [2.45, 2.75) is 6.92 Å². The lowest BCUT2D eigenvalue weighted by atomic mass is 10.1. The van der Waals surface area contributed by atoms with Crippen molar-refractivity contribution in [2.24, 2.45) is 5.10 Å². The second-order valence-electron chi connectivity index (χ2n) is 5.26. The molecule has 1 aliphatic rings. The monoisotopic (exact) mass is 360 g/mol. The predicted molar refractivity (Wildman–Crippen MR) is 98.0 cm³/mol. The van der Waals surface area contributed by atoms with Crippen molar-refractivity contribution in [3.8, 4) is 5.75 Å². The predicted octanol–water partition coefficient (Wildman–Crippen LogP) is 4.81. The van der Waals surface area contributed by atoms with Crippen LogP contribution >= 0.6 is 23.2 Å². The van der Waals surface area contributed by atoms with Gasteiger partial charge in [0.15, 0.2) is 0 Å². The van der Waals surface area contributed by atoms with Crippen LogP contribution in [0.3, 0.4) is 0 Å². The smallest absolute Gasteiger partial charge is 0.280 e. The lowest BCUT2D eigenvalue weighted by Crippen LogP contribution is -2.21. The van der Waals surface area contributed by atoms with Crippen LogP contribution < -0.4 is 9.75 Å². The Morgan fingerprint density at radius 1 is 1.08 bits per heavy atom. The van der Waals surface area contributed by atoms with Gasteiger partial charge in [0.2, 0.25) is 0 Å². The van der Waals surface area contributed by atoms with Gasteiger partial charge < -0.3 is 4.74 Å². The van der Waals surface area contributed by atoms with E-state index in [1.165, 1.54) is 5.01 Å². The molecule has 0 aliphatic carbocycles. The Hall–Kier alpha value is -2.30. The van der Waals surface area contributed by atoms with Crippen LogP contribution in [0.1, 0.15) is 12.5 Å². The summed E-state index contributed by atoms with van der Waals surface area (Å²) in [5.74, 6) is 0.539. The second kappa shape index (κ2) is 6.67.